The minimum Gasteiger partial charge on any atom is -0.382 e. The number of amides is 2. The maximum Gasteiger partial charge on any atom is 0.252 e. The average molecular weight is 439 g/mol. The molecule has 4 N–H and O–H groups in total. The van der Waals surface area contributed by atoms with Crippen LogP contribution in [0.2, 0.25) is 0 Å². The molecule has 0 radical (unpaired) electrons. The van der Waals surface area contributed by atoms with E-state index in [9.17, 15) is 9.59 Å². The average Bonchev–Trinajstić information content (AvgIpc) is 3.28. The van der Waals surface area contributed by atoms with Crippen molar-refractivity contribution in [1.82, 2.24) is 9.88 Å². The highest BCUT2D eigenvalue weighted by Gasteiger charge is 2.26. The Labute approximate surface area is 187 Å². The predicted octanol–water partition coefficient (Wildman–Crippen LogP) is 2.18. The number of morpholine rings is 1. The quantitative estimate of drug-likeness (QED) is 0.607. The lowest BCUT2D eigenvalue weighted by molar-refractivity contribution is -0.129. The summed E-state index contributed by atoms with van der Waals surface area (Å²) in [6, 6.07) is 10.0. The fourth-order valence-electron chi connectivity index (χ4n) is 4.28. The summed E-state index contributed by atoms with van der Waals surface area (Å²) in [4.78, 5) is 32.2. The van der Waals surface area contributed by atoms with Gasteiger partial charge in [0.15, 0.2) is 0 Å². The molecule has 1 aromatic heterocycles. The first-order valence-corrected chi connectivity index (χ1v) is 11.0. The van der Waals surface area contributed by atoms with E-state index < -0.39 is 5.91 Å². The molecule has 0 spiro atoms. The number of nitrogens with zero attached hydrogens (tertiary/aromatic N) is 3. The van der Waals surface area contributed by atoms with Crippen LogP contribution in [-0.2, 0) is 9.53 Å². The van der Waals surface area contributed by atoms with Gasteiger partial charge in [-0.3, -0.25) is 9.59 Å². The minimum atomic E-state index is -0.545. The number of rotatable bonds is 7. The maximum absolute atomic E-state index is 11.9. The first-order valence-electron chi connectivity index (χ1n) is 11.0. The zero-order valence-electron chi connectivity index (χ0n) is 18.3. The van der Waals surface area contributed by atoms with Crippen molar-refractivity contribution in [2.75, 3.05) is 54.9 Å². The molecule has 1 atom stereocenters. The van der Waals surface area contributed by atoms with Gasteiger partial charge in [-0.15, -0.1) is 0 Å². The first-order chi connectivity index (χ1) is 15.5. The number of primary amides is 1. The van der Waals surface area contributed by atoms with Crippen LogP contribution in [0.5, 0.6) is 0 Å². The van der Waals surface area contributed by atoms with Gasteiger partial charge in [0.05, 0.1) is 24.5 Å². The van der Waals surface area contributed by atoms with Crippen LogP contribution in [0.15, 0.2) is 36.5 Å². The van der Waals surface area contributed by atoms with Gasteiger partial charge in [0.1, 0.15) is 5.82 Å². The number of anilines is 4. The van der Waals surface area contributed by atoms with Gasteiger partial charge in [0.25, 0.3) is 5.91 Å². The number of likely N-dealkylation sites (tertiary alicyclic amines) is 1. The van der Waals surface area contributed by atoms with E-state index >= 15 is 0 Å². The highest BCUT2D eigenvalue weighted by molar-refractivity contribution is 5.98. The SMILES string of the molecule is CC(=O)N1CCCC1CNc1cc(Nc2ccc(N3CCOCC3)cc2)ncc1C(N)=O. The van der Waals surface area contributed by atoms with E-state index in [-0.39, 0.29) is 11.9 Å². The van der Waals surface area contributed by atoms with Gasteiger partial charge in [-0.2, -0.15) is 0 Å². The summed E-state index contributed by atoms with van der Waals surface area (Å²) < 4.78 is 5.41. The third kappa shape index (κ3) is 5.11. The standard InChI is InChI=1S/C23H30N6O3/c1-16(30)29-8-2-3-19(29)14-25-21-13-22(26-15-20(21)23(24)31)27-17-4-6-18(7-5-17)28-9-11-32-12-10-28/h4-7,13,15,19H,2-3,8-12,14H2,1H3,(H2,24,31)(H2,25,26,27). The second-order valence-corrected chi connectivity index (χ2v) is 8.14. The van der Waals surface area contributed by atoms with Crippen molar-refractivity contribution in [3.8, 4) is 0 Å². The molecule has 1 aromatic carbocycles. The third-order valence-corrected chi connectivity index (χ3v) is 6.00. The Bertz CT molecular complexity index is 959. The molecule has 2 fully saturated rings. The van der Waals surface area contributed by atoms with E-state index in [0.29, 0.717) is 23.6 Å². The Morgan fingerprint density at radius 2 is 1.94 bits per heavy atom. The smallest absolute Gasteiger partial charge is 0.252 e. The van der Waals surface area contributed by atoms with Gasteiger partial charge in [0, 0.05) is 62.8 Å². The molecular formula is C23H30N6O3. The topological polar surface area (TPSA) is 113 Å². The Morgan fingerprint density at radius 1 is 1.19 bits per heavy atom. The fraction of sp³-hybridized carbons (Fsp3) is 0.435. The summed E-state index contributed by atoms with van der Waals surface area (Å²) in [7, 11) is 0. The van der Waals surface area contributed by atoms with Crippen molar-refractivity contribution in [3.63, 3.8) is 0 Å². The molecule has 2 amide bonds. The lowest BCUT2D eigenvalue weighted by atomic mass is 10.1. The second kappa shape index (κ2) is 9.86. The highest BCUT2D eigenvalue weighted by atomic mass is 16.5. The predicted molar refractivity (Wildman–Crippen MR) is 124 cm³/mol. The van der Waals surface area contributed by atoms with E-state index in [1.165, 1.54) is 6.20 Å². The van der Waals surface area contributed by atoms with Gasteiger partial charge < -0.3 is 30.9 Å². The first kappa shape index (κ1) is 21.9. The number of carbonyl (C=O) groups excluding carboxylic acids is 2. The van der Waals surface area contributed by atoms with Crippen molar-refractivity contribution in [2.24, 2.45) is 5.73 Å². The zero-order valence-corrected chi connectivity index (χ0v) is 18.3. The van der Waals surface area contributed by atoms with E-state index in [1.807, 2.05) is 17.0 Å². The maximum atomic E-state index is 11.9. The molecule has 2 aromatic rings. The summed E-state index contributed by atoms with van der Waals surface area (Å²) in [5.74, 6) is 0.129. The molecule has 0 bridgehead atoms. The molecule has 0 aliphatic carbocycles. The molecule has 2 saturated heterocycles. The van der Waals surface area contributed by atoms with Crippen LogP contribution in [0.25, 0.3) is 0 Å². The van der Waals surface area contributed by atoms with Crippen LogP contribution in [0, 0.1) is 0 Å². The highest BCUT2D eigenvalue weighted by Crippen LogP contribution is 2.25. The van der Waals surface area contributed by atoms with E-state index in [0.717, 1.165) is 57.1 Å². The molecule has 9 nitrogen and oxygen atoms in total. The van der Waals surface area contributed by atoms with Crippen molar-refractivity contribution < 1.29 is 14.3 Å². The number of aromatic nitrogens is 1. The van der Waals surface area contributed by atoms with Crippen LogP contribution in [-0.4, -0.2) is 67.1 Å². The summed E-state index contributed by atoms with van der Waals surface area (Å²) in [5.41, 5.74) is 8.53. The van der Waals surface area contributed by atoms with Gasteiger partial charge in [-0.05, 0) is 37.1 Å². The molecule has 1 unspecified atom stereocenters. The number of benzene rings is 1. The number of nitrogens with two attached hydrogens (primary N) is 1. The molecule has 170 valence electrons. The Kier molecular flexibility index (Phi) is 6.75. The number of ether oxygens (including phenoxy) is 1. The molecule has 0 saturated carbocycles. The largest absolute Gasteiger partial charge is 0.382 e. The summed E-state index contributed by atoms with van der Waals surface area (Å²) >= 11 is 0. The fourth-order valence-corrected chi connectivity index (χ4v) is 4.28. The van der Waals surface area contributed by atoms with Crippen molar-refractivity contribution >= 4 is 34.7 Å². The van der Waals surface area contributed by atoms with Gasteiger partial charge in [-0.1, -0.05) is 0 Å². The van der Waals surface area contributed by atoms with Gasteiger partial charge in [0.2, 0.25) is 5.91 Å². The summed E-state index contributed by atoms with van der Waals surface area (Å²) in [6.07, 6.45) is 3.40. The lowest BCUT2D eigenvalue weighted by Crippen LogP contribution is -2.38. The molecule has 2 aliphatic rings. The summed E-state index contributed by atoms with van der Waals surface area (Å²) in [6.45, 7) is 6.19. The number of hydrogen-bond acceptors (Lipinski definition) is 7. The van der Waals surface area contributed by atoms with Crippen molar-refractivity contribution in [1.29, 1.82) is 0 Å². The van der Waals surface area contributed by atoms with Crippen LogP contribution >= 0.6 is 0 Å². The zero-order chi connectivity index (χ0) is 22.5. The molecule has 3 heterocycles. The van der Waals surface area contributed by atoms with Crippen molar-refractivity contribution in [3.05, 3.63) is 42.1 Å². The van der Waals surface area contributed by atoms with E-state index in [1.54, 1.807) is 13.0 Å². The minimum absolute atomic E-state index is 0.0713. The molecule has 2 aliphatic heterocycles. The molecule has 32 heavy (non-hydrogen) atoms. The monoisotopic (exact) mass is 438 g/mol. The third-order valence-electron chi connectivity index (χ3n) is 6.00. The van der Waals surface area contributed by atoms with Crippen LogP contribution in [0.4, 0.5) is 22.9 Å². The van der Waals surface area contributed by atoms with Crippen LogP contribution in [0.1, 0.15) is 30.1 Å². The van der Waals surface area contributed by atoms with E-state index in [4.69, 9.17) is 10.5 Å². The van der Waals surface area contributed by atoms with Crippen LogP contribution < -0.4 is 21.3 Å². The number of pyridine rings is 1. The molecule has 9 heteroatoms. The van der Waals surface area contributed by atoms with E-state index in [2.05, 4.69) is 32.7 Å². The second-order valence-electron chi connectivity index (χ2n) is 8.14. The van der Waals surface area contributed by atoms with Gasteiger partial charge >= 0.3 is 0 Å². The number of nitrogens with one attached hydrogen (secondary N) is 2. The Balaban J connectivity index is 1.45. The van der Waals surface area contributed by atoms with Crippen molar-refractivity contribution in [2.45, 2.75) is 25.8 Å². The lowest BCUT2D eigenvalue weighted by Gasteiger charge is -2.28. The van der Waals surface area contributed by atoms with Crippen LogP contribution in [0.3, 0.4) is 0 Å². The number of carbonyl (C=O) groups is 2. The normalized spacial score (nSPS) is 18.5. The van der Waals surface area contributed by atoms with Gasteiger partial charge in [-0.25, -0.2) is 4.98 Å². The number of hydrogen-bond donors (Lipinski definition) is 3. The Morgan fingerprint density at radius 3 is 2.62 bits per heavy atom. The Hall–Kier alpha value is -3.33. The molecular weight excluding hydrogens is 408 g/mol. The molecule has 4 rings (SSSR count). The summed E-state index contributed by atoms with van der Waals surface area (Å²) in [5, 5.41) is 6.59.